The van der Waals surface area contributed by atoms with Gasteiger partial charge in [0.15, 0.2) is 6.61 Å². The van der Waals surface area contributed by atoms with Crippen LogP contribution in [0.15, 0.2) is 42.1 Å². The summed E-state index contributed by atoms with van der Waals surface area (Å²) < 4.78 is 6.71. The van der Waals surface area contributed by atoms with Crippen molar-refractivity contribution in [2.45, 2.75) is 13.5 Å². The lowest BCUT2D eigenvalue weighted by Crippen LogP contribution is -2.30. The van der Waals surface area contributed by atoms with E-state index in [1.54, 1.807) is 18.2 Å². The number of aliphatic carboxylic acids is 1. The van der Waals surface area contributed by atoms with Crippen molar-refractivity contribution in [1.29, 1.82) is 0 Å². The van der Waals surface area contributed by atoms with E-state index in [-0.39, 0.29) is 12.2 Å². The number of carboxylic acids is 1. The highest BCUT2D eigenvalue weighted by atomic mass is 127. The summed E-state index contributed by atoms with van der Waals surface area (Å²) in [6.45, 7) is 1.71. The second-order valence-corrected chi connectivity index (χ2v) is 8.69. The largest absolute Gasteiger partial charge is 0.480 e. The number of ether oxygens (including phenoxy) is 1. The average molecular weight is 618 g/mol. The second-order valence-electron chi connectivity index (χ2n) is 6.36. The number of hydrogen-bond donors (Lipinski definition) is 2. The molecule has 0 atom stereocenters. The highest BCUT2D eigenvalue weighted by Gasteiger charge is 2.33. The van der Waals surface area contributed by atoms with E-state index in [1.165, 1.54) is 4.90 Å². The zero-order chi connectivity index (χ0) is 21.1. The van der Waals surface area contributed by atoms with Crippen LogP contribution in [0.3, 0.4) is 0 Å². The van der Waals surface area contributed by atoms with Crippen molar-refractivity contribution in [3.05, 3.63) is 65.9 Å². The van der Waals surface area contributed by atoms with Crippen LogP contribution in [0.5, 0.6) is 5.75 Å². The molecule has 29 heavy (non-hydrogen) atoms. The zero-order valence-corrected chi connectivity index (χ0v) is 19.6. The minimum absolute atomic E-state index is 0.188. The maximum Gasteiger partial charge on any atom is 0.341 e. The number of halogens is 2. The molecule has 1 aliphatic heterocycles. The van der Waals surface area contributed by atoms with E-state index < -0.39 is 24.5 Å². The first-order valence-corrected chi connectivity index (χ1v) is 10.6. The Morgan fingerprint density at radius 2 is 1.90 bits per heavy atom. The molecule has 3 amide bonds. The lowest BCUT2D eigenvalue weighted by atomic mass is 10.1. The third-order valence-corrected chi connectivity index (χ3v) is 5.66. The molecule has 0 radical (unpaired) electrons. The molecule has 0 spiro atoms. The van der Waals surface area contributed by atoms with E-state index >= 15 is 0 Å². The SMILES string of the molecule is Cc1cccc(CN2C(=O)N/C(=C/c3cc(I)c(OCC(=O)O)c(I)c3)C2=O)c1. The van der Waals surface area contributed by atoms with Crippen LogP contribution >= 0.6 is 45.2 Å². The number of rotatable bonds is 6. The second kappa shape index (κ2) is 9.11. The predicted molar refractivity (Wildman–Crippen MR) is 123 cm³/mol. The van der Waals surface area contributed by atoms with Crippen molar-refractivity contribution in [3.63, 3.8) is 0 Å². The number of carbonyl (C=O) groups is 3. The molecule has 0 bridgehead atoms. The fraction of sp³-hybridized carbons (Fsp3) is 0.150. The van der Waals surface area contributed by atoms with Crippen LogP contribution in [-0.4, -0.2) is 34.5 Å². The Bertz CT molecular complexity index is 1010. The molecule has 1 fully saturated rings. The number of urea groups is 1. The summed E-state index contributed by atoms with van der Waals surface area (Å²) in [5.74, 6) is -0.984. The van der Waals surface area contributed by atoms with Gasteiger partial charge in [-0.05, 0) is 81.4 Å². The summed E-state index contributed by atoms with van der Waals surface area (Å²) in [7, 11) is 0. The van der Waals surface area contributed by atoms with E-state index in [4.69, 9.17) is 9.84 Å². The first kappa shape index (κ1) is 21.6. The van der Waals surface area contributed by atoms with Crippen LogP contribution in [-0.2, 0) is 16.1 Å². The van der Waals surface area contributed by atoms with Gasteiger partial charge >= 0.3 is 12.0 Å². The molecule has 7 nitrogen and oxygen atoms in total. The number of aryl methyl sites for hydroxylation is 1. The molecule has 3 rings (SSSR count). The van der Waals surface area contributed by atoms with Crippen LogP contribution in [0.4, 0.5) is 4.79 Å². The van der Waals surface area contributed by atoms with Crippen LogP contribution in [0.25, 0.3) is 6.08 Å². The fourth-order valence-electron chi connectivity index (χ4n) is 2.81. The van der Waals surface area contributed by atoms with Crippen LogP contribution in [0, 0.1) is 14.1 Å². The van der Waals surface area contributed by atoms with Gasteiger partial charge in [0.2, 0.25) is 0 Å². The highest BCUT2D eigenvalue weighted by Crippen LogP contribution is 2.30. The van der Waals surface area contributed by atoms with E-state index in [1.807, 2.05) is 76.4 Å². The fourth-order valence-corrected chi connectivity index (χ4v) is 4.94. The van der Waals surface area contributed by atoms with Crippen LogP contribution in [0.1, 0.15) is 16.7 Å². The highest BCUT2D eigenvalue weighted by molar-refractivity contribution is 14.1. The molecular weight excluding hydrogens is 602 g/mol. The van der Waals surface area contributed by atoms with Crippen molar-refractivity contribution in [3.8, 4) is 5.75 Å². The molecular formula is C20H16I2N2O5. The van der Waals surface area contributed by atoms with Gasteiger partial charge in [0.1, 0.15) is 11.4 Å². The van der Waals surface area contributed by atoms with Gasteiger partial charge in [0.25, 0.3) is 5.91 Å². The summed E-state index contributed by atoms with van der Waals surface area (Å²) in [4.78, 5) is 36.9. The number of carbonyl (C=O) groups excluding carboxylic acids is 2. The van der Waals surface area contributed by atoms with Gasteiger partial charge in [-0.2, -0.15) is 0 Å². The van der Waals surface area contributed by atoms with Gasteiger partial charge in [0, 0.05) is 0 Å². The van der Waals surface area contributed by atoms with Gasteiger partial charge in [-0.25, -0.2) is 9.59 Å². The summed E-state index contributed by atoms with van der Waals surface area (Å²) in [6.07, 6.45) is 1.60. The third-order valence-electron chi connectivity index (χ3n) is 4.06. The first-order valence-electron chi connectivity index (χ1n) is 8.48. The zero-order valence-electron chi connectivity index (χ0n) is 15.2. The molecule has 0 aromatic heterocycles. The standard InChI is InChI=1S/C20H16I2N2O5/c1-11-3-2-4-12(5-11)9-24-19(27)16(23-20(24)28)8-13-6-14(21)18(15(22)7-13)29-10-17(25)26/h2-8H,9-10H2,1H3,(H,23,28)(H,25,26)/b16-8+. The van der Waals surface area contributed by atoms with E-state index in [9.17, 15) is 14.4 Å². The molecule has 1 saturated heterocycles. The van der Waals surface area contributed by atoms with E-state index in [2.05, 4.69) is 5.32 Å². The van der Waals surface area contributed by atoms with Crippen LogP contribution < -0.4 is 10.1 Å². The Labute approximate surface area is 194 Å². The van der Waals surface area contributed by atoms with Crippen LogP contribution in [0.2, 0.25) is 0 Å². The molecule has 0 aliphatic carbocycles. The molecule has 0 unspecified atom stereocenters. The monoisotopic (exact) mass is 618 g/mol. The normalized spacial score (nSPS) is 15.0. The first-order chi connectivity index (χ1) is 13.7. The molecule has 2 aromatic rings. The number of benzene rings is 2. The van der Waals surface area contributed by atoms with Gasteiger partial charge in [-0.1, -0.05) is 29.8 Å². The summed E-state index contributed by atoms with van der Waals surface area (Å²) in [5.41, 5.74) is 2.81. The number of nitrogens with one attached hydrogen (secondary N) is 1. The van der Waals surface area contributed by atoms with Crippen molar-refractivity contribution in [2.24, 2.45) is 0 Å². The lowest BCUT2D eigenvalue weighted by Gasteiger charge is -2.12. The van der Waals surface area contributed by atoms with E-state index in [0.29, 0.717) is 18.5 Å². The average Bonchev–Trinajstić information content (AvgIpc) is 2.88. The van der Waals surface area contributed by atoms with Crippen molar-refractivity contribution < 1.29 is 24.2 Å². The maximum absolute atomic E-state index is 12.7. The van der Waals surface area contributed by atoms with Crippen molar-refractivity contribution >= 4 is 69.2 Å². The maximum atomic E-state index is 12.7. The molecule has 1 aliphatic rings. The molecule has 9 heteroatoms. The van der Waals surface area contributed by atoms with Gasteiger partial charge in [0.05, 0.1) is 13.7 Å². The predicted octanol–water partition coefficient (Wildman–Crippen LogP) is 3.76. The number of hydrogen-bond acceptors (Lipinski definition) is 4. The summed E-state index contributed by atoms with van der Waals surface area (Å²) >= 11 is 4.08. The smallest absolute Gasteiger partial charge is 0.341 e. The quantitative estimate of drug-likeness (QED) is 0.292. The third kappa shape index (κ3) is 5.26. The van der Waals surface area contributed by atoms with Gasteiger partial charge < -0.3 is 15.2 Å². The molecule has 150 valence electrons. The topological polar surface area (TPSA) is 95.9 Å². The lowest BCUT2D eigenvalue weighted by molar-refractivity contribution is -0.139. The molecule has 2 aromatic carbocycles. The Hall–Kier alpha value is -2.15. The number of amides is 3. The van der Waals surface area contributed by atoms with Crippen molar-refractivity contribution in [1.82, 2.24) is 10.2 Å². The Balaban J connectivity index is 1.81. The number of nitrogens with zero attached hydrogens (tertiary/aromatic N) is 1. The molecule has 0 saturated carbocycles. The van der Waals surface area contributed by atoms with Gasteiger partial charge in [-0.15, -0.1) is 0 Å². The minimum Gasteiger partial charge on any atom is -0.480 e. The molecule has 2 N–H and O–H groups in total. The Morgan fingerprint density at radius 3 is 2.52 bits per heavy atom. The summed E-state index contributed by atoms with van der Waals surface area (Å²) in [5, 5.41) is 11.4. The number of imide groups is 1. The van der Waals surface area contributed by atoms with Gasteiger partial charge in [-0.3, -0.25) is 9.69 Å². The Kier molecular flexibility index (Phi) is 6.77. The number of carboxylic acid groups (broad SMARTS) is 1. The van der Waals surface area contributed by atoms with Crippen molar-refractivity contribution in [2.75, 3.05) is 6.61 Å². The summed E-state index contributed by atoms with van der Waals surface area (Å²) in [6, 6.07) is 10.7. The van der Waals surface area contributed by atoms with E-state index in [0.717, 1.165) is 11.1 Å². The minimum atomic E-state index is -1.06. The Morgan fingerprint density at radius 1 is 1.21 bits per heavy atom. The molecule has 1 heterocycles.